The van der Waals surface area contributed by atoms with E-state index in [1.165, 1.54) is 23.5 Å². The maximum absolute atomic E-state index is 12.2. The number of rotatable bonds is 6. The standard InChI is InChI=1S/C16H18N4O4S/c21-15(17-4-5-19-6-8-24-9-7-19)14-11-25-16(18-14)12-2-1-3-13(10-12)20(22)23/h1-3,10-11H,4-9H2,(H,17,21). The average Bonchev–Trinajstić information content (AvgIpc) is 3.13. The van der Waals surface area contributed by atoms with Gasteiger partial charge in [-0.1, -0.05) is 12.1 Å². The van der Waals surface area contributed by atoms with Crippen LogP contribution in [0.15, 0.2) is 29.6 Å². The molecule has 0 radical (unpaired) electrons. The van der Waals surface area contributed by atoms with Crippen LogP contribution in [0.1, 0.15) is 10.5 Å². The predicted octanol–water partition coefficient (Wildman–Crippen LogP) is 1.78. The van der Waals surface area contributed by atoms with E-state index in [2.05, 4.69) is 15.2 Å². The molecule has 3 rings (SSSR count). The van der Waals surface area contributed by atoms with E-state index in [4.69, 9.17) is 4.74 Å². The minimum absolute atomic E-state index is 0.00390. The van der Waals surface area contributed by atoms with E-state index in [0.717, 1.165) is 32.8 Å². The van der Waals surface area contributed by atoms with Crippen molar-refractivity contribution >= 4 is 22.9 Å². The van der Waals surface area contributed by atoms with Crippen LogP contribution >= 0.6 is 11.3 Å². The number of carbonyl (C=O) groups excluding carboxylic acids is 1. The Morgan fingerprint density at radius 1 is 1.40 bits per heavy atom. The molecule has 8 nitrogen and oxygen atoms in total. The second-order valence-corrected chi connectivity index (χ2v) is 6.41. The lowest BCUT2D eigenvalue weighted by atomic mass is 10.2. The SMILES string of the molecule is O=C(NCCN1CCOCC1)c1csc(-c2cccc([N+](=O)[O-])c2)n1. The summed E-state index contributed by atoms with van der Waals surface area (Å²) < 4.78 is 5.28. The number of benzene rings is 1. The van der Waals surface area contributed by atoms with Gasteiger partial charge in [-0.2, -0.15) is 0 Å². The maximum atomic E-state index is 12.2. The van der Waals surface area contributed by atoms with Crippen LogP contribution < -0.4 is 5.32 Å². The summed E-state index contributed by atoms with van der Waals surface area (Å²) in [7, 11) is 0. The van der Waals surface area contributed by atoms with Gasteiger partial charge in [0.2, 0.25) is 0 Å². The quantitative estimate of drug-likeness (QED) is 0.621. The number of carbonyl (C=O) groups is 1. The highest BCUT2D eigenvalue weighted by atomic mass is 32.1. The minimum Gasteiger partial charge on any atom is -0.379 e. The lowest BCUT2D eigenvalue weighted by molar-refractivity contribution is -0.384. The van der Waals surface area contributed by atoms with Crippen molar-refractivity contribution in [3.8, 4) is 10.6 Å². The van der Waals surface area contributed by atoms with Gasteiger partial charge in [0.05, 0.1) is 18.1 Å². The third kappa shape index (κ3) is 4.59. The number of aromatic nitrogens is 1. The fourth-order valence-corrected chi connectivity index (χ4v) is 3.30. The molecule has 1 aliphatic heterocycles. The second kappa shape index (κ2) is 8.15. The molecular weight excluding hydrogens is 344 g/mol. The molecule has 0 aliphatic carbocycles. The molecule has 0 bridgehead atoms. The molecule has 1 aromatic carbocycles. The van der Waals surface area contributed by atoms with Crippen LogP contribution in [0.5, 0.6) is 0 Å². The highest BCUT2D eigenvalue weighted by molar-refractivity contribution is 7.13. The van der Waals surface area contributed by atoms with E-state index in [-0.39, 0.29) is 11.6 Å². The average molecular weight is 362 g/mol. The largest absolute Gasteiger partial charge is 0.379 e. The Balaban J connectivity index is 1.57. The number of ether oxygens (including phenoxy) is 1. The van der Waals surface area contributed by atoms with Crippen LogP contribution in [0, 0.1) is 10.1 Å². The van der Waals surface area contributed by atoms with Gasteiger partial charge in [-0.15, -0.1) is 11.3 Å². The van der Waals surface area contributed by atoms with E-state index in [1.54, 1.807) is 17.5 Å². The third-order valence-electron chi connectivity index (χ3n) is 3.86. The number of nitro benzene ring substituents is 1. The molecule has 1 fully saturated rings. The van der Waals surface area contributed by atoms with Gasteiger partial charge in [-0.3, -0.25) is 19.8 Å². The molecule has 0 saturated carbocycles. The van der Waals surface area contributed by atoms with Crippen LogP contribution in [0.25, 0.3) is 10.6 Å². The Morgan fingerprint density at radius 2 is 2.20 bits per heavy atom. The van der Waals surface area contributed by atoms with Gasteiger partial charge in [-0.05, 0) is 0 Å². The van der Waals surface area contributed by atoms with Crippen molar-refractivity contribution in [2.24, 2.45) is 0 Å². The first-order valence-corrected chi connectivity index (χ1v) is 8.80. The number of nitrogens with zero attached hydrogens (tertiary/aromatic N) is 3. The van der Waals surface area contributed by atoms with Crippen LogP contribution in [-0.2, 0) is 4.74 Å². The van der Waals surface area contributed by atoms with Crippen molar-refractivity contribution in [1.29, 1.82) is 0 Å². The van der Waals surface area contributed by atoms with Crippen molar-refractivity contribution in [3.05, 3.63) is 45.5 Å². The number of thiazole rings is 1. The van der Waals surface area contributed by atoms with E-state index in [9.17, 15) is 14.9 Å². The van der Waals surface area contributed by atoms with E-state index in [0.29, 0.717) is 22.8 Å². The van der Waals surface area contributed by atoms with Crippen LogP contribution in [-0.4, -0.2) is 60.1 Å². The molecule has 25 heavy (non-hydrogen) atoms. The van der Waals surface area contributed by atoms with Gasteiger partial charge in [0.1, 0.15) is 10.7 Å². The zero-order valence-electron chi connectivity index (χ0n) is 13.5. The summed E-state index contributed by atoms with van der Waals surface area (Å²) in [5.74, 6) is -0.235. The Bertz CT molecular complexity index is 758. The molecule has 2 aromatic rings. The fourth-order valence-electron chi connectivity index (χ4n) is 2.51. The number of hydrogen-bond donors (Lipinski definition) is 1. The zero-order valence-corrected chi connectivity index (χ0v) is 14.3. The Labute approximate surface area is 148 Å². The smallest absolute Gasteiger partial charge is 0.270 e. The normalized spacial score (nSPS) is 15.0. The monoisotopic (exact) mass is 362 g/mol. The molecule has 0 spiro atoms. The van der Waals surface area contributed by atoms with E-state index >= 15 is 0 Å². The first-order chi connectivity index (χ1) is 12.1. The number of amides is 1. The zero-order chi connectivity index (χ0) is 17.6. The molecule has 1 aromatic heterocycles. The number of morpholine rings is 1. The van der Waals surface area contributed by atoms with E-state index in [1.807, 2.05) is 0 Å². The van der Waals surface area contributed by atoms with Gasteiger partial charge in [-0.25, -0.2) is 4.98 Å². The lowest BCUT2D eigenvalue weighted by Gasteiger charge is -2.26. The summed E-state index contributed by atoms with van der Waals surface area (Å²) in [5, 5.41) is 16.0. The third-order valence-corrected chi connectivity index (χ3v) is 4.75. The van der Waals surface area contributed by atoms with Crippen LogP contribution in [0.4, 0.5) is 5.69 Å². The fraction of sp³-hybridized carbons (Fsp3) is 0.375. The molecule has 1 aliphatic rings. The summed E-state index contributed by atoms with van der Waals surface area (Å²) in [6.45, 7) is 4.53. The van der Waals surface area contributed by atoms with Crippen molar-refractivity contribution in [2.45, 2.75) is 0 Å². The second-order valence-electron chi connectivity index (χ2n) is 5.56. The van der Waals surface area contributed by atoms with Gasteiger partial charge < -0.3 is 10.1 Å². The predicted molar refractivity (Wildman–Crippen MR) is 93.8 cm³/mol. The van der Waals surface area contributed by atoms with Gasteiger partial charge in [0, 0.05) is 49.3 Å². The molecule has 1 amide bonds. The molecule has 132 valence electrons. The first-order valence-electron chi connectivity index (χ1n) is 7.92. The highest BCUT2D eigenvalue weighted by Gasteiger charge is 2.15. The molecular formula is C16H18N4O4S. The molecule has 1 saturated heterocycles. The summed E-state index contributed by atoms with van der Waals surface area (Å²) in [5.41, 5.74) is 0.962. The van der Waals surface area contributed by atoms with E-state index < -0.39 is 4.92 Å². The van der Waals surface area contributed by atoms with Gasteiger partial charge >= 0.3 is 0 Å². The Kier molecular flexibility index (Phi) is 5.69. The van der Waals surface area contributed by atoms with Crippen molar-refractivity contribution in [2.75, 3.05) is 39.4 Å². The van der Waals surface area contributed by atoms with Crippen LogP contribution in [0.2, 0.25) is 0 Å². The molecule has 0 atom stereocenters. The number of nitrogens with one attached hydrogen (secondary N) is 1. The molecule has 0 unspecified atom stereocenters. The number of hydrogen-bond acceptors (Lipinski definition) is 7. The van der Waals surface area contributed by atoms with Gasteiger partial charge in [0.15, 0.2) is 0 Å². The topological polar surface area (TPSA) is 97.6 Å². The highest BCUT2D eigenvalue weighted by Crippen LogP contribution is 2.26. The number of nitro groups is 1. The summed E-state index contributed by atoms with van der Waals surface area (Å²) in [6, 6.07) is 6.23. The van der Waals surface area contributed by atoms with Crippen molar-refractivity contribution in [3.63, 3.8) is 0 Å². The summed E-state index contributed by atoms with van der Waals surface area (Å²) in [4.78, 5) is 29.1. The number of non-ortho nitro benzene ring substituents is 1. The molecule has 1 N–H and O–H groups in total. The lowest BCUT2D eigenvalue weighted by Crippen LogP contribution is -2.41. The maximum Gasteiger partial charge on any atom is 0.270 e. The van der Waals surface area contributed by atoms with Crippen molar-refractivity contribution in [1.82, 2.24) is 15.2 Å². The molecule has 9 heteroatoms. The van der Waals surface area contributed by atoms with Crippen molar-refractivity contribution < 1.29 is 14.5 Å². The minimum atomic E-state index is -0.448. The summed E-state index contributed by atoms with van der Waals surface area (Å²) >= 11 is 1.29. The first kappa shape index (κ1) is 17.5. The van der Waals surface area contributed by atoms with Crippen LogP contribution in [0.3, 0.4) is 0 Å². The van der Waals surface area contributed by atoms with Gasteiger partial charge in [0.25, 0.3) is 11.6 Å². The molecule has 2 heterocycles. The Morgan fingerprint density at radius 3 is 2.96 bits per heavy atom. The summed E-state index contributed by atoms with van der Waals surface area (Å²) in [6.07, 6.45) is 0. The Hall–Kier alpha value is -2.36.